The van der Waals surface area contributed by atoms with Gasteiger partial charge in [-0.25, -0.2) is 4.57 Å². The summed E-state index contributed by atoms with van der Waals surface area (Å²) in [5, 5.41) is 32.4. The number of amides is 1. The molecule has 0 radical (unpaired) electrons. The zero-order chi connectivity index (χ0) is 23.6. The van der Waals surface area contributed by atoms with Gasteiger partial charge in [-0.1, -0.05) is 54.6 Å². The summed E-state index contributed by atoms with van der Waals surface area (Å²) in [5.74, 6) is -0.804. The molecule has 2 aromatic rings. The van der Waals surface area contributed by atoms with Crippen molar-refractivity contribution < 1.29 is 39.0 Å². The molecule has 174 valence electrons. The van der Waals surface area contributed by atoms with E-state index in [1.807, 2.05) is 30.3 Å². The van der Waals surface area contributed by atoms with Gasteiger partial charge in [0.25, 0.3) is 0 Å². The van der Waals surface area contributed by atoms with E-state index in [9.17, 15) is 24.7 Å². The molecule has 0 aliphatic rings. The Morgan fingerprint density at radius 1 is 1.00 bits per heavy atom. The Hall–Kier alpha value is -2.52. The van der Waals surface area contributed by atoms with Crippen LogP contribution in [0.25, 0.3) is 0 Å². The lowest BCUT2D eigenvalue weighted by molar-refractivity contribution is -0.120. The predicted molar refractivity (Wildman–Crippen MR) is 118 cm³/mol. The first-order valence-corrected chi connectivity index (χ1v) is 11.5. The highest BCUT2D eigenvalue weighted by Gasteiger charge is 2.17. The van der Waals surface area contributed by atoms with Gasteiger partial charge in [-0.05, 0) is 29.7 Å². The number of phosphoric ester groups is 1. The minimum atomic E-state index is -4.64. The standard InChI is InChI=1S/C22H28NO8P/c24-15-18(12-16-4-2-1-3-5-16)21(26)11-8-19(25)14-23-22(27)13-17-6-9-20(10-7-17)31-32(28,29)30/h1-11,18-19,21,24-26H,12-15H2,(H,23,27)(H2,28,29,30)/b11-8-. The van der Waals surface area contributed by atoms with E-state index in [0.29, 0.717) is 12.0 Å². The largest absolute Gasteiger partial charge is 0.524 e. The third-order valence-electron chi connectivity index (χ3n) is 4.61. The molecule has 0 aromatic heterocycles. The zero-order valence-corrected chi connectivity index (χ0v) is 18.2. The maximum atomic E-state index is 12.0. The quantitative estimate of drug-likeness (QED) is 0.200. The van der Waals surface area contributed by atoms with Crippen molar-refractivity contribution >= 4 is 13.7 Å². The number of nitrogens with one attached hydrogen (secondary N) is 1. The predicted octanol–water partition coefficient (Wildman–Crippen LogP) is 0.946. The van der Waals surface area contributed by atoms with E-state index in [1.54, 1.807) is 0 Å². The molecular formula is C22H28NO8P. The van der Waals surface area contributed by atoms with Crippen LogP contribution >= 0.6 is 7.82 Å². The van der Waals surface area contributed by atoms with Gasteiger partial charge >= 0.3 is 7.82 Å². The molecule has 3 atom stereocenters. The Morgan fingerprint density at radius 2 is 1.66 bits per heavy atom. The Kier molecular flexibility index (Phi) is 10.1. The van der Waals surface area contributed by atoms with Gasteiger partial charge in [-0.15, -0.1) is 0 Å². The maximum Gasteiger partial charge on any atom is 0.524 e. The van der Waals surface area contributed by atoms with Crippen molar-refractivity contribution in [3.63, 3.8) is 0 Å². The monoisotopic (exact) mass is 465 g/mol. The molecule has 1 amide bonds. The summed E-state index contributed by atoms with van der Waals surface area (Å²) in [6.07, 6.45) is 1.27. The fourth-order valence-corrected chi connectivity index (χ4v) is 3.35. The van der Waals surface area contributed by atoms with Gasteiger partial charge in [-0.2, -0.15) is 0 Å². The van der Waals surface area contributed by atoms with Crippen molar-refractivity contribution in [3.8, 4) is 5.75 Å². The fraction of sp³-hybridized carbons (Fsp3) is 0.318. The van der Waals surface area contributed by atoms with Crippen LogP contribution < -0.4 is 9.84 Å². The van der Waals surface area contributed by atoms with E-state index in [2.05, 4.69) is 9.84 Å². The lowest BCUT2D eigenvalue weighted by atomic mass is 9.94. The molecule has 32 heavy (non-hydrogen) atoms. The molecular weight excluding hydrogens is 437 g/mol. The molecule has 3 unspecified atom stereocenters. The molecule has 0 heterocycles. The van der Waals surface area contributed by atoms with Gasteiger partial charge < -0.3 is 25.2 Å². The molecule has 10 heteroatoms. The van der Waals surface area contributed by atoms with Crippen LogP contribution in [0, 0.1) is 5.92 Å². The van der Waals surface area contributed by atoms with Crippen LogP contribution in [0.3, 0.4) is 0 Å². The first-order chi connectivity index (χ1) is 15.2. The third-order valence-corrected chi connectivity index (χ3v) is 5.06. The molecule has 0 spiro atoms. The zero-order valence-electron chi connectivity index (χ0n) is 17.3. The van der Waals surface area contributed by atoms with E-state index in [-0.39, 0.29) is 31.2 Å². The Morgan fingerprint density at radius 3 is 2.25 bits per heavy atom. The van der Waals surface area contributed by atoms with Gasteiger partial charge in [0.05, 0.1) is 18.6 Å². The Bertz CT molecular complexity index is 913. The number of carbonyl (C=O) groups excluding carboxylic acids is 1. The number of hydrogen-bond acceptors (Lipinski definition) is 6. The average molecular weight is 465 g/mol. The van der Waals surface area contributed by atoms with Crippen LogP contribution in [-0.4, -0.2) is 56.4 Å². The maximum absolute atomic E-state index is 12.0. The second kappa shape index (κ2) is 12.5. The van der Waals surface area contributed by atoms with Crippen LogP contribution in [0.1, 0.15) is 11.1 Å². The SMILES string of the molecule is O=C(Cc1ccc(OP(=O)(O)O)cc1)NCC(O)/C=C\C(O)C(CO)Cc1ccccc1. The molecule has 0 aliphatic heterocycles. The minimum Gasteiger partial charge on any atom is -0.404 e. The van der Waals surface area contributed by atoms with Crippen LogP contribution in [0.2, 0.25) is 0 Å². The van der Waals surface area contributed by atoms with Crippen LogP contribution in [0.15, 0.2) is 66.7 Å². The second-order valence-corrected chi connectivity index (χ2v) is 8.45. The highest BCUT2D eigenvalue weighted by Crippen LogP contribution is 2.37. The summed E-state index contributed by atoms with van der Waals surface area (Å²) in [6, 6.07) is 15.1. The highest BCUT2D eigenvalue weighted by molar-refractivity contribution is 7.46. The van der Waals surface area contributed by atoms with E-state index >= 15 is 0 Å². The molecule has 0 bridgehead atoms. The first kappa shape index (κ1) is 25.7. The first-order valence-electron chi connectivity index (χ1n) is 9.96. The normalized spacial score (nSPS) is 14.7. The number of aliphatic hydroxyl groups excluding tert-OH is 3. The molecule has 0 aliphatic carbocycles. The summed E-state index contributed by atoms with van der Waals surface area (Å²) in [7, 11) is -4.64. The average Bonchev–Trinajstić information content (AvgIpc) is 2.75. The van der Waals surface area contributed by atoms with E-state index in [1.165, 1.54) is 36.4 Å². The Labute approximate surface area is 186 Å². The van der Waals surface area contributed by atoms with E-state index in [0.717, 1.165) is 5.56 Å². The molecule has 0 saturated heterocycles. The summed E-state index contributed by atoms with van der Waals surface area (Å²) >= 11 is 0. The van der Waals surface area contributed by atoms with Gasteiger partial charge in [0.2, 0.25) is 5.91 Å². The minimum absolute atomic E-state index is 0.00108. The topological polar surface area (TPSA) is 157 Å². The van der Waals surface area contributed by atoms with E-state index in [4.69, 9.17) is 9.79 Å². The summed E-state index contributed by atoms with van der Waals surface area (Å²) in [5.41, 5.74) is 1.57. The number of hydrogen-bond donors (Lipinski definition) is 6. The van der Waals surface area contributed by atoms with Crippen molar-refractivity contribution in [2.24, 2.45) is 5.92 Å². The van der Waals surface area contributed by atoms with Crippen LogP contribution in [0.4, 0.5) is 0 Å². The summed E-state index contributed by atoms with van der Waals surface area (Å²) in [6.45, 7) is -0.283. The highest BCUT2D eigenvalue weighted by atomic mass is 31.2. The number of phosphoric acid groups is 1. The lowest BCUT2D eigenvalue weighted by Gasteiger charge is -2.18. The van der Waals surface area contributed by atoms with Gasteiger partial charge in [0.15, 0.2) is 0 Å². The van der Waals surface area contributed by atoms with Gasteiger partial charge in [-0.3, -0.25) is 14.6 Å². The molecule has 2 aromatic carbocycles. The smallest absolute Gasteiger partial charge is 0.404 e. The van der Waals surface area contributed by atoms with Crippen molar-refractivity contribution in [2.75, 3.05) is 13.2 Å². The van der Waals surface area contributed by atoms with Crippen molar-refractivity contribution in [1.82, 2.24) is 5.32 Å². The molecule has 2 rings (SSSR count). The van der Waals surface area contributed by atoms with Crippen molar-refractivity contribution in [3.05, 3.63) is 77.9 Å². The lowest BCUT2D eigenvalue weighted by Crippen LogP contribution is -2.32. The number of aliphatic hydroxyl groups is 3. The van der Waals surface area contributed by atoms with E-state index < -0.39 is 25.9 Å². The van der Waals surface area contributed by atoms with Gasteiger partial charge in [0, 0.05) is 19.1 Å². The molecule has 0 fully saturated rings. The second-order valence-electron chi connectivity index (χ2n) is 7.28. The summed E-state index contributed by atoms with van der Waals surface area (Å²) in [4.78, 5) is 29.6. The number of rotatable bonds is 12. The third kappa shape index (κ3) is 9.74. The molecule has 0 saturated carbocycles. The number of benzene rings is 2. The Balaban J connectivity index is 1.77. The molecule has 6 N–H and O–H groups in total. The molecule has 9 nitrogen and oxygen atoms in total. The number of carbonyl (C=O) groups is 1. The van der Waals surface area contributed by atoms with Gasteiger partial charge in [0.1, 0.15) is 5.75 Å². The van der Waals surface area contributed by atoms with Crippen molar-refractivity contribution in [1.29, 1.82) is 0 Å². The van der Waals surface area contributed by atoms with Crippen LogP contribution in [0.5, 0.6) is 5.75 Å². The van der Waals surface area contributed by atoms with Crippen LogP contribution in [-0.2, 0) is 22.2 Å². The summed E-state index contributed by atoms with van der Waals surface area (Å²) < 4.78 is 15.2. The van der Waals surface area contributed by atoms with Crippen molar-refractivity contribution in [2.45, 2.75) is 25.0 Å². The fourth-order valence-electron chi connectivity index (χ4n) is 2.95.